The zero-order chi connectivity index (χ0) is 18.6. The average Bonchev–Trinajstić information content (AvgIpc) is 3.04. The Labute approximate surface area is 145 Å². The summed E-state index contributed by atoms with van der Waals surface area (Å²) >= 11 is 0. The van der Waals surface area contributed by atoms with Crippen LogP contribution in [0.4, 0.5) is 0 Å². The lowest BCUT2D eigenvalue weighted by Gasteiger charge is -2.42. The number of piperidine rings is 1. The Hall–Kier alpha value is -1.95. The van der Waals surface area contributed by atoms with Crippen LogP contribution in [0, 0.1) is 5.92 Å². The number of carbonyl (C=O) groups excluding carboxylic acids is 1. The Morgan fingerprint density at radius 1 is 1.52 bits per heavy atom. The Balaban J connectivity index is 2.08. The highest BCUT2D eigenvalue weighted by atomic mass is 16.4. The molecule has 10 nitrogen and oxygen atoms in total. The van der Waals surface area contributed by atoms with Crippen molar-refractivity contribution < 1.29 is 24.7 Å². The second-order valence-electron chi connectivity index (χ2n) is 6.68. The third kappa shape index (κ3) is 5.02. The molecule has 0 aliphatic carbocycles. The minimum absolute atomic E-state index is 0.0850. The van der Waals surface area contributed by atoms with Gasteiger partial charge in [-0.2, -0.15) is 0 Å². The van der Waals surface area contributed by atoms with Crippen molar-refractivity contribution >= 4 is 19.0 Å². The normalized spacial score (nSPS) is 24.8. The number of nitrogens with zero attached hydrogens (tertiary/aromatic N) is 2. The number of likely N-dealkylation sites (tertiary alicyclic amines) is 1. The van der Waals surface area contributed by atoms with Crippen LogP contribution < -0.4 is 11.5 Å². The highest BCUT2D eigenvalue weighted by molar-refractivity contribution is 6.40. The van der Waals surface area contributed by atoms with Gasteiger partial charge in [-0.15, -0.1) is 0 Å². The van der Waals surface area contributed by atoms with Gasteiger partial charge in [-0.25, -0.2) is 4.98 Å². The van der Waals surface area contributed by atoms with E-state index in [4.69, 9.17) is 21.5 Å². The fourth-order valence-electron chi connectivity index (χ4n) is 3.21. The number of carbonyl (C=O) groups is 2. The highest BCUT2D eigenvalue weighted by Gasteiger charge is 2.44. The molecule has 1 aromatic rings. The lowest BCUT2D eigenvalue weighted by molar-refractivity contribution is -0.149. The molecule has 11 heteroatoms. The number of hydrogen-bond donors (Lipinski definition) is 6. The number of carboxylic acid groups (broad SMARTS) is 1. The summed E-state index contributed by atoms with van der Waals surface area (Å²) in [7, 11) is -1.48. The lowest BCUT2D eigenvalue weighted by atomic mass is 9.75. The molecule has 3 atom stereocenters. The third-order valence-electron chi connectivity index (χ3n) is 4.48. The van der Waals surface area contributed by atoms with E-state index in [0.29, 0.717) is 12.1 Å². The lowest BCUT2D eigenvalue weighted by Crippen LogP contribution is -2.64. The predicted octanol–water partition coefficient (Wildman–Crippen LogP) is -2.23. The van der Waals surface area contributed by atoms with Crippen LogP contribution >= 0.6 is 0 Å². The zero-order valence-electron chi connectivity index (χ0n) is 13.8. The quantitative estimate of drug-likeness (QED) is 0.298. The molecule has 0 aromatic carbocycles. The maximum Gasteiger partial charge on any atom is 0.451 e. The van der Waals surface area contributed by atoms with Gasteiger partial charge in [-0.05, 0) is 18.7 Å². The molecule has 25 heavy (non-hydrogen) atoms. The Morgan fingerprint density at radius 2 is 2.24 bits per heavy atom. The number of rotatable bonds is 7. The van der Waals surface area contributed by atoms with Gasteiger partial charge >= 0.3 is 13.1 Å². The van der Waals surface area contributed by atoms with Gasteiger partial charge in [0.2, 0.25) is 5.91 Å². The van der Waals surface area contributed by atoms with E-state index in [1.807, 2.05) is 0 Å². The topological polar surface area (TPSA) is 179 Å². The fraction of sp³-hybridized carbons (Fsp3) is 0.643. The predicted molar refractivity (Wildman–Crippen MR) is 89.1 cm³/mol. The van der Waals surface area contributed by atoms with Crippen LogP contribution in [0.3, 0.4) is 0 Å². The van der Waals surface area contributed by atoms with Gasteiger partial charge < -0.3 is 36.5 Å². The Morgan fingerprint density at radius 3 is 2.80 bits per heavy atom. The van der Waals surface area contributed by atoms with E-state index >= 15 is 0 Å². The van der Waals surface area contributed by atoms with E-state index in [1.54, 1.807) is 6.20 Å². The van der Waals surface area contributed by atoms with Crippen molar-refractivity contribution in [2.24, 2.45) is 17.4 Å². The van der Waals surface area contributed by atoms with Gasteiger partial charge in [-0.1, -0.05) is 6.42 Å². The standard InChI is InChI=1S/C14H24BN5O5/c16-11(3-10-5-18-8-19-10)12(21)20-6-9(1-2-15(24)25)4-14(17,7-20)13(22)23/h5,8-9,11,24-25H,1-4,6-7,16-17H2,(H,18,19)(H,22,23)/t9-,11?,14+/m0/s1. The largest absolute Gasteiger partial charge is 0.480 e. The van der Waals surface area contributed by atoms with Crippen molar-refractivity contribution in [2.45, 2.75) is 37.2 Å². The summed E-state index contributed by atoms with van der Waals surface area (Å²) in [6.45, 7) is 0.152. The Bertz CT molecular complexity index is 598. The van der Waals surface area contributed by atoms with Crippen LogP contribution in [0.2, 0.25) is 6.32 Å². The van der Waals surface area contributed by atoms with Crippen molar-refractivity contribution in [3.05, 3.63) is 18.2 Å². The van der Waals surface area contributed by atoms with Gasteiger partial charge in [0.15, 0.2) is 0 Å². The minimum Gasteiger partial charge on any atom is -0.480 e. The number of hydrogen-bond acceptors (Lipinski definition) is 7. The monoisotopic (exact) mass is 353 g/mol. The second-order valence-corrected chi connectivity index (χ2v) is 6.68. The first-order valence-electron chi connectivity index (χ1n) is 8.11. The second kappa shape index (κ2) is 7.96. The van der Waals surface area contributed by atoms with Crippen molar-refractivity contribution in [1.82, 2.24) is 14.9 Å². The molecule has 8 N–H and O–H groups in total. The first kappa shape index (κ1) is 19.4. The number of nitrogens with two attached hydrogens (primary N) is 2. The molecule has 0 saturated carbocycles. The molecular weight excluding hydrogens is 329 g/mol. The Kier molecular flexibility index (Phi) is 6.17. The van der Waals surface area contributed by atoms with Crippen LogP contribution in [-0.4, -0.2) is 73.7 Å². The van der Waals surface area contributed by atoms with Crippen molar-refractivity contribution in [2.75, 3.05) is 13.1 Å². The van der Waals surface area contributed by atoms with Crippen molar-refractivity contribution in [1.29, 1.82) is 0 Å². The summed E-state index contributed by atoms with van der Waals surface area (Å²) in [5.74, 6) is -1.84. The molecule has 1 saturated heterocycles. The van der Waals surface area contributed by atoms with E-state index < -0.39 is 30.6 Å². The van der Waals surface area contributed by atoms with E-state index in [1.165, 1.54) is 11.2 Å². The molecule has 2 heterocycles. The number of nitrogens with one attached hydrogen (secondary N) is 1. The van der Waals surface area contributed by atoms with Gasteiger partial charge in [0, 0.05) is 25.7 Å². The molecular formula is C14H24BN5O5. The van der Waals surface area contributed by atoms with Crippen molar-refractivity contribution in [3.8, 4) is 0 Å². The molecule has 0 spiro atoms. The number of aromatic nitrogens is 2. The SMILES string of the molecule is NC(Cc1c[nH]cn1)C(=O)N1C[C@@H](CCB(O)O)C[C@](N)(C(=O)O)C1. The van der Waals surface area contributed by atoms with Crippen LogP contribution in [0.25, 0.3) is 0 Å². The van der Waals surface area contributed by atoms with Crippen molar-refractivity contribution in [3.63, 3.8) is 0 Å². The maximum atomic E-state index is 12.6. The fourth-order valence-corrected chi connectivity index (χ4v) is 3.21. The number of H-pyrrole nitrogens is 1. The molecule has 1 aliphatic heterocycles. The highest BCUT2D eigenvalue weighted by Crippen LogP contribution is 2.28. The zero-order valence-corrected chi connectivity index (χ0v) is 13.8. The van der Waals surface area contributed by atoms with E-state index in [0.717, 1.165) is 0 Å². The summed E-state index contributed by atoms with van der Waals surface area (Å²) < 4.78 is 0. The maximum absolute atomic E-state index is 12.6. The van der Waals surface area contributed by atoms with Gasteiger partial charge in [0.25, 0.3) is 0 Å². The smallest absolute Gasteiger partial charge is 0.451 e. The summed E-state index contributed by atoms with van der Waals surface area (Å²) in [4.78, 5) is 32.3. The first-order valence-corrected chi connectivity index (χ1v) is 8.11. The summed E-state index contributed by atoms with van der Waals surface area (Å²) in [5.41, 5.74) is 11.0. The van der Waals surface area contributed by atoms with Crippen LogP contribution in [0.15, 0.2) is 12.5 Å². The number of imidazole rings is 1. The number of amides is 1. The third-order valence-corrected chi connectivity index (χ3v) is 4.48. The van der Waals surface area contributed by atoms with E-state index in [-0.39, 0.29) is 38.2 Å². The average molecular weight is 353 g/mol. The molecule has 1 amide bonds. The van der Waals surface area contributed by atoms with Gasteiger partial charge in [-0.3, -0.25) is 9.59 Å². The molecule has 0 radical (unpaired) electrons. The summed E-state index contributed by atoms with van der Waals surface area (Å²) in [5, 5.41) is 27.5. The van der Waals surface area contributed by atoms with Crippen LogP contribution in [0.5, 0.6) is 0 Å². The first-order chi connectivity index (χ1) is 11.7. The van der Waals surface area contributed by atoms with E-state index in [9.17, 15) is 14.7 Å². The van der Waals surface area contributed by atoms with Gasteiger partial charge in [0.1, 0.15) is 5.54 Å². The minimum atomic E-state index is -1.58. The molecule has 2 rings (SSSR count). The van der Waals surface area contributed by atoms with Gasteiger partial charge in [0.05, 0.1) is 18.1 Å². The molecule has 1 aliphatic rings. The molecule has 1 aromatic heterocycles. The molecule has 1 unspecified atom stereocenters. The van der Waals surface area contributed by atoms with Crippen LogP contribution in [-0.2, 0) is 16.0 Å². The number of carboxylic acids is 1. The summed E-state index contributed by atoms with van der Waals surface area (Å²) in [6.07, 6.45) is 3.94. The molecule has 1 fully saturated rings. The van der Waals surface area contributed by atoms with Crippen LogP contribution in [0.1, 0.15) is 18.5 Å². The van der Waals surface area contributed by atoms with E-state index in [2.05, 4.69) is 9.97 Å². The number of aromatic amines is 1. The molecule has 0 bridgehead atoms. The summed E-state index contributed by atoms with van der Waals surface area (Å²) in [6, 6.07) is -0.858. The molecule has 138 valence electrons. The number of aliphatic carboxylic acids is 1.